The Kier molecular flexibility index (Phi) is 5.62. The van der Waals surface area contributed by atoms with Crippen molar-refractivity contribution >= 4 is 11.6 Å². The minimum absolute atomic E-state index is 0.0188. The van der Waals surface area contributed by atoms with Crippen LogP contribution in [0.15, 0.2) is 35.1 Å². The summed E-state index contributed by atoms with van der Waals surface area (Å²) in [6, 6.07) is 9.87. The number of para-hydroxylation sites is 1. The fourth-order valence-electron chi connectivity index (χ4n) is 4.56. The van der Waals surface area contributed by atoms with Gasteiger partial charge in [-0.2, -0.15) is 5.10 Å². The Morgan fingerprint density at radius 2 is 1.79 bits per heavy atom. The molecule has 7 heteroatoms. The summed E-state index contributed by atoms with van der Waals surface area (Å²) < 4.78 is 3.46. The first-order chi connectivity index (χ1) is 13.6. The summed E-state index contributed by atoms with van der Waals surface area (Å²) in [6.07, 6.45) is 6.42. The fourth-order valence-corrected chi connectivity index (χ4v) is 4.56. The summed E-state index contributed by atoms with van der Waals surface area (Å²) in [6.45, 7) is 2.10. The third kappa shape index (κ3) is 4.04. The smallest absolute Gasteiger partial charge is 0.325 e. The van der Waals surface area contributed by atoms with Gasteiger partial charge in [-0.15, -0.1) is 0 Å². The van der Waals surface area contributed by atoms with Crippen molar-refractivity contribution in [3.8, 4) is 0 Å². The van der Waals surface area contributed by atoms with Crippen LogP contribution in [0.25, 0.3) is 0 Å². The molecule has 1 saturated carbocycles. The van der Waals surface area contributed by atoms with Gasteiger partial charge in [0.2, 0.25) is 5.91 Å². The summed E-state index contributed by atoms with van der Waals surface area (Å²) in [5, 5.41) is 7.54. The maximum atomic E-state index is 12.6. The van der Waals surface area contributed by atoms with Crippen molar-refractivity contribution in [2.45, 2.75) is 50.5 Å². The molecule has 2 aliphatic rings. The van der Waals surface area contributed by atoms with Gasteiger partial charge in [0.05, 0.1) is 6.54 Å². The van der Waals surface area contributed by atoms with Crippen LogP contribution in [0.5, 0.6) is 0 Å². The Morgan fingerprint density at radius 1 is 1.11 bits per heavy atom. The van der Waals surface area contributed by atoms with Crippen LogP contribution in [-0.2, 0) is 11.8 Å². The second-order valence-electron chi connectivity index (χ2n) is 8.04. The van der Waals surface area contributed by atoms with Gasteiger partial charge in [-0.3, -0.25) is 14.3 Å². The summed E-state index contributed by atoms with van der Waals surface area (Å²) >= 11 is 0. The van der Waals surface area contributed by atoms with E-state index in [4.69, 9.17) is 0 Å². The van der Waals surface area contributed by atoms with Crippen molar-refractivity contribution in [2.24, 2.45) is 7.05 Å². The predicted molar refractivity (Wildman–Crippen MR) is 108 cm³/mol. The highest BCUT2D eigenvalue weighted by Crippen LogP contribution is 2.33. The number of carbonyl (C=O) groups excluding carboxylic acids is 1. The maximum absolute atomic E-state index is 12.6. The molecule has 0 radical (unpaired) electrons. The summed E-state index contributed by atoms with van der Waals surface area (Å²) in [7, 11) is 1.75. The number of hydrogen-bond acceptors (Lipinski definition) is 4. The van der Waals surface area contributed by atoms with Gasteiger partial charge in [-0.05, 0) is 50.9 Å². The van der Waals surface area contributed by atoms with Crippen molar-refractivity contribution in [1.29, 1.82) is 0 Å². The number of likely N-dealkylation sites (tertiary alicyclic amines) is 1. The number of aromatic nitrogens is 3. The molecule has 1 amide bonds. The van der Waals surface area contributed by atoms with Gasteiger partial charge in [0.1, 0.15) is 5.82 Å². The van der Waals surface area contributed by atoms with Gasteiger partial charge < -0.3 is 5.32 Å². The quantitative estimate of drug-likeness (QED) is 0.861. The van der Waals surface area contributed by atoms with Gasteiger partial charge in [0.15, 0.2) is 0 Å². The van der Waals surface area contributed by atoms with Gasteiger partial charge >= 0.3 is 5.69 Å². The van der Waals surface area contributed by atoms with E-state index in [1.165, 1.54) is 17.5 Å². The minimum atomic E-state index is 0.0188. The van der Waals surface area contributed by atoms with E-state index in [0.717, 1.165) is 50.3 Å². The average molecular weight is 383 g/mol. The molecule has 4 rings (SSSR count). The van der Waals surface area contributed by atoms with Gasteiger partial charge in [-0.1, -0.05) is 31.0 Å². The lowest BCUT2D eigenvalue weighted by molar-refractivity contribution is -0.117. The third-order valence-corrected chi connectivity index (χ3v) is 6.05. The van der Waals surface area contributed by atoms with Crippen molar-refractivity contribution < 1.29 is 4.79 Å². The zero-order valence-electron chi connectivity index (χ0n) is 16.5. The number of nitrogens with one attached hydrogen (secondary N) is 1. The molecule has 0 spiro atoms. The first kappa shape index (κ1) is 18.9. The monoisotopic (exact) mass is 383 g/mol. The molecule has 2 heterocycles. The summed E-state index contributed by atoms with van der Waals surface area (Å²) in [4.78, 5) is 27.1. The summed E-state index contributed by atoms with van der Waals surface area (Å²) in [5.74, 6) is 1.26. The number of hydrogen-bond donors (Lipinski definition) is 1. The number of aryl methyl sites for hydroxylation is 1. The highest BCUT2D eigenvalue weighted by atomic mass is 16.2. The summed E-state index contributed by atoms with van der Waals surface area (Å²) in [5.41, 5.74) is 0.850. The van der Waals surface area contributed by atoms with Crippen LogP contribution in [0.1, 0.15) is 56.3 Å². The molecule has 7 nitrogen and oxygen atoms in total. The Labute approximate surface area is 165 Å². The van der Waals surface area contributed by atoms with Crippen molar-refractivity contribution in [3.05, 3.63) is 46.6 Å². The second kappa shape index (κ2) is 8.31. The molecule has 1 aliphatic carbocycles. The molecular weight excluding hydrogens is 354 g/mol. The molecule has 150 valence electrons. The van der Waals surface area contributed by atoms with E-state index in [1.54, 1.807) is 7.05 Å². The molecule has 1 N–H and O–H groups in total. The first-order valence-electron chi connectivity index (χ1n) is 10.3. The molecule has 1 aromatic heterocycles. The van der Waals surface area contributed by atoms with Crippen LogP contribution in [0.3, 0.4) is 0 Å². The predicted octanol–water partition coefficient (Wildman–Crippen LogP) is 2.52. The molecule has 2 fully saturated rings. The lowest BCUT2D eigenvalue weighted by atomic mass is 9.95. The fraction of sp³-hybridized carbons (Fsp3) is 0.571. The average Bonchev–Trinajstić information content (AvgIpc) is 3.32. The van der Waals surface area contributed by atoms with E-state index in [1.807, 2.05) is 34.9 Å². The van der Waals surface area contributed by atoms with Crippen LogP contribution in [0.4, 0.5) is 5.69 Å². The lowest BCUT2D eigenvalue weighted by Crippen LogP contribution is -2.39. The lowest BCUT2D eigenvalue weighted by Gasteiger charge is -2.31. The highest BCUT2D eigenvalue weighted by molar-refractivity contribution is 5.92. The van der Waals surface area contributed by atoms with Crippen molar-refractivity contribution in [1.82, 2.24) is 19.2 Å². The minimum Gasteiger partial charge on any atom is -0.325 e. The number of carbonyl (C=O) groups is 1. The molecule has 1 saturated heterocycles. The zero-order chi connectivity index (χ0) is 19.5. The maximum Gasteiger partial charge on any atom is 0.345 e. The van der Waals surface area contributed by atoms with Gasteiger partial charge in [0, 0.05) is 24.7 Å². The van der Waals surface area contributed by atoms with Crippen molar-refractivity contribution in [2.75, 3.05) is 25.0 Å². The number of benzene rings is 1. The zero-order valence-corrected chi connectivity index (χ0v) is 16.5. The number of rotatable bonds is 5. The standard InChI is InChI=1S/C21H29N5O2/c1-24-21(28)26(18-9-5-6-10-18)20(23-24)16-11-13-25(14-12-16)15-19(27)22-17-7-3-2-4-8-17/h2-4,7-8,16,18H,5-6,9-15H2,1H3,(H,22,27). The normalized spacial score (nSPS) is 19.2. The topological polar surface area (TPSA) is 72.2 Å². The van der Waals surface area contributed by atoms with Crippen LogP contribution >= 0.6 is 0 Å². The van der Waals surface area contributed by atoms with Gasteiger partial charge in [0.25, 0.3) is 0 Å². The number of anilines is 1. The SMILES string of the molecule is Cn1nc(C2CCN(CC(=O)Nc3ccccc3)CC2)n(C2CCCC2)c1=O. The van der Waals surface area contributed by atoms with Crippen LogP contribution in [0.2, 0.25) is 0 Å². The Bertz CT molecular complexity index is 859. The van der Waals surface area contributed by atoms with Crippen molar-refractivity contribution in [3.63, 3.8) is 0 Å². The van der Waals surface area contributed by atoms with Crippen LogP contribution < -0.4 is 11.0 Å². The molecule has 0 unspecified atom stereocenters. The first-order valence-corrected chi connectivity index (χ1v) is 10.3. The Balaban J connectivity index is 1.36. The van der Waals surface area contributed by atoms with E-state index < -0.39 is 0 Å². The Morgan fingerprint density at radius 3 is 2.46 bits per heavy atom. The van der Waals surface area contributed by atoms with E-state index in [9.17, 15) is 9.59 Å². The molecule has 28 heavy (non-hydrogen) atoms. The second-order valence-corrected chi connectivity index (χ2v) is 8.04. The van der Waals surface area contributed by atoms with E-state index in [2.05, 4.69) is 15.3 Å². The molecular formula is C21H29N5O2. The molecule has 2 aromatic rings. The van der Waals surface area contributed by atoms with Crippen LogP contribution in [0, 0.1) is 0 Å². The Hall–Kier alpha value is -2.41. The van der Waals surface area contributed by atoms with E-state index in [-0.39, 0.29) is 11.6 Å². The molecule has 1 aliphatic heterocycles. The molecule has 1 aromatic carbocycles. The van der Waals surface area contributed by atoms with Gasteiger partial charge in [-0.25, -0.2) is 9.48 Å². The molecule has 0 atom stereocenters. The number of nitrogens with zero attached hydrogens (tertiary/aromatic N) is 4. The largest absolute Gasteiger partial charge is 0.345 e. The highest BCUT2D eigenvalue weighted by Gasteiger charge is 2.30. The third-order valence-electron chi connectivity index (χ3n) is 6.05. The van der Waals surface area contributed by atoms with E-state index in [0.29, 0.717) is 18.5 Å². The number of amides is 1. The number of piperidine rings is 1. The van der Waals surface area contributed by atoms with E-state index >= 15 is 0 Å². The molecule has 0 bridgehead atoms. The van der Waals surface area contributed by atoms with Crippen LogP contribution in [-0.4, -0.2) is 44.8 Å².